The van der Waals surface area contributed by atoms with Crippen molar-refractivity contribution < 1.29 is 50.8 Å². The largest absolute Gasteiger partial charge is 1.00 e. The molecule has 0 fully saturated rings. The minimum absolute atomic E-state index is 0. The SMILES string of the molecule is CCCCCCCCCCCCNC(C(=O)O)C(N)C(=O)O.[H-].[Na+]. The molecule has 0 amide bonds. The number of carboxylic acids is 2. The first-order chi connectivity index (χ1) is 10.5. The van der Waals surface area contributed by atoms with Crippen molar-refractivity contribution >= 4 is 11.9 Å². The summed E-state index contributed by atoms with van der Waals surface area (Å²) in [5.41, 5.74) is 5.35. The molecule has 0 aromatic rings. The molecule has 0 radical (unpaired) electrons. The average molecular weight is 340 g/mol. The van der Waals surface area contributed by atoms with Crippen molar-refractivity contribution in [2.45, 2.75) is 83.2 Å². The van der Waals surface area contributed by atoms with Gasteiger partial charge in [-0.2, -0.15) is 0 Å². The molecule has 6 nitrogen and oxygen atoms in total. The first-order valence-corrected chi connectivity index (χ1v) is 8.45. The van der Waals surface area contributed by atoms with E-state index in [0.717, 1.165) is 19.3 Å². The number of carboxylic acid groups (broad SMARTS) is 2. The van der Waals surface area contributed by atoms with Gasteiger partial charge in [0.15, 0.2) is 0 Å². The van der Waals surface area contributed by atoms with E-state index in [9.17, 15) is 9.59 Å². The molecular weight excluding hydrogens is 307 g/mol. The number of aliphatic carboxylic acids is 2. The third-order valence-electron chi connectivity index (χ3n) is 3.80. The van der Waals surface area contributed by atoms with Crippen molar-refractivity contribution in [1.29, 1.82) is 0 Å². The molecule has 0 aliphatic rings. The number of nitrogens with two attached hydrogens (primary N) is 1. The maximum absolute atomic E-state index is 11.0. The summed E-state index contributed by atoms with van der Waals surface area (Å²) in [6.07, 6.45) is 12.0. The number of rotatable bonds is 15. The van der Waals surface area contributed by atoms with Crippen LogP contribution in [0.2, 0.25) is 0 Å². The van der Waals surface area contributed by atoms with E-state index in [2.05, 4.69) is 12.2 Å². The Morgan fingerprint density at radius 3 is 1.74 bits per heavy atom. The van der Waals surface area contributed by atoms with Crippen LogP contribution in [0.1, 0.15) is 72.6 Å². The van der Waals surface area contributed by atoms with E-state index in [1.807, 2.05) is 0 Å². The summed E-state index contributed by atoms with van der Waals surface area (Å²) in [5.74, 6) is -2.52. The van der Waals surface area contributed by atoms with Crippen molar-refractivity contribution in [1.82, 2.24) is 5.32 Å². The van der Waals surface area contributed by atoms with Crippen LogP contribution in [0.4, 0.5) is 0 Å². The third-order valence-corrected chi connectivity index (χ3v) is 3.80. The van der Waals surface area contributed by atoms with Crippen LogP contribution in [0.15, 0.2) is 0 Å². The van der Waals surface area contributed by atoms with E-state index in [1.54, 1.807) is 0 Å². The minimum Gasteiger partial charge on any atom is -1.00 e. The number of hydrogen-bond donors (Lipinski definition) is 4. The van der Waals surface area contributed by atoms with Gasteiger partial charge in [0.1, 0.15) is 12.1 Å². The Hall–Kier alpha value is -0.140. The normalized spacial score (nSPS) is 13.1. The minimum atomic E-state index is -1.42. The van der Waals surface area contributed by atoms with E-state index in [0.29, 0.717) is 6.54 Å². The molecule has 0 aromatic carbocycles. The predicted molar refractivity (Wildman–Crippen MR) is 88.0 cm³/mol. The van der Waals surface area contributed by atoms with E-state index in [-0.39, 0.29) is 31.0 Å². The van der Waals surface area contributed by atoms with Gasteiger partial charge < -0.3 is 22.7 Å². The quantitative estimate of drug-likeness (QED) is 0.236. The van der Waals surface area contributed by atoms with Crippen LogP contribution in [0.3, 0.4) is 0 Å². The molecule has 0 saturated heterocycles. The Bertz CT molecular complexity index is 322. The Balaban J connectivity index is -0.00000220. The molecule has 2 atom stereocenters. The van der Waals surface area contributed by atoms with Crippen LogP contribution in [0, 0.1) is 0 Å². The summed E-state index contributed by atoms with van der Waals surface area (Å²) in [5, 5.41) is 20.4. The van der Waals surface area contributed by atoms with Gasteiger partial charge in [-0.1, -0.05) is 64.7 Å². The topological polar surface area (TPSA) is 113 Å². The summed E-state index contributed by atoms with van der Waals surface area (Å²) in [4.78, 5) is 21.7. The molecule has 7 heteroatoms. The molecule has 0 aliphatic heterocycles. The molecular formula is C16H33N2NaO4. The smallest absolute Gasteiger partial charge is 1.00 e. The van der Waals surface area contributed by atoms with Gasteiger partial charge in [0, 0.05) is 0 Å². The summed E-state index contributed by atoms with van der Waals surface area (Å²) < 4.78 is 0. The third kappa shape index (κ3) is 14.0. The van der Waals surface area contributed by atoms with Gasteiger partial charge in [0.25, 0.3) is 0 Å². The van der Waals surface area contributed by atoms with E-state index in [4.69, 9.17) is 15.9 Å². The average Bonchev–Trinajstić information content (AvgIpc) is 2.47. The first kappa shape index (κ1) is 25.1. The van der Waals surface area contributed by atoms with E-state index < -0.39 is 24.0 Å². The standard InChI is InChI=1S/C16H32N2O4.Na.H/c1-2-3-4-5-6-7-8-9-10-11-12-18-14(16(21)22)13(17)15(19)20;;/h13-14,18H,2-12,17H2,1H3,(H,19,20)(H,21,22);;/q;+1;-1. The Morgan fingerprint density at radius 1 is 0.913 bits per heavy atom. The molecule has 0 spiro atoms. The second-order valence-electron chi connectivity index (χ2n) is 5.82. The molecule has 0 heterocycles. The fourth-order valence-electron chi connectivity index (χ4n) is 2.38. The summed E-state index contributed by atoms with van der Waals surface area (Å²) >= 11 is 0. The van der Waals surface area contributed by atoms with Crippen LogP contribution in [-0.2, 0) is 9.59 Å². The molecule has 23 heavy (non-hydrogen) atoms. The van der Waals surface area contributed by atoms with Crippen LogP contribution in [0.5, 0.6) is 0 Å². The Labute approximate surface area is 163 Å². The summed E-state index contributed by atoms with van der Waals surface area (Å²) in [6, 6.07) is -2.64. The van der Waals surface area contributed by atoms with Crippen molar-refractivity contribution in [3.05, 3.63) is 0 Å². The van der Waals surface area contributed by atoms with Gasteiger partial charge in [0.05, 0.1) is 0 Å². The molecule has 0 saturated carbocycles. The van der Waals surface area contributed by atoms with E-state index >= 15 is 0 Å². The van der Waals surface area contributed by atoms with Gasteiger partial charge in [-0.15, -0.1) is 0 Å². The summed E-state index contributed by atoms with van der Waals surface area (Å²) in [6.45, 7) is 2.70. The zero-order valence-electron chi connectivity index (χ0n) is 15.7. The molecule has 0 rings (SSSR count). The second kappa shape index (κ2) is 16.7. The zero-order valence-corrected chi connectivity index (χ0v) is 16.7. The molecule has 0 bridgehead atoms. The Morgan fingerprint density at radius 2 is 1.35 bits per heavy atom. The Kier molecular flexibility index (Phi) is 18.2. The molecule has 132 valence electrons. The second-order valence-corrected chi connectivity index (χ2v) is 5.82. The monoisotopic (exact) mass is 340 g/mol. The maximum atomic E-state index is 11.0. The van der Waals surface area contributed by atoms with E-state index in [1.165, 1.54) is 44.9 Å². The van der Waals surface area contributed by atoms with Crippen molar-refractivity contribution in [2.24, 2.45) is 5.73 Å². The molecule has 0 aliphatic carbocycles. The van der Waals surface area contributed by atoms with Crippen molar-refractivity contribution in [3.63, 3.8) is 0 Å². The van der Waals surface area contributed by atoms with Crippen LogP contribution in [-0.4, -0.2) is 40.8 Å². The van der Waals surface area contributed by atoms with Crippen LogP contribution >= 0.6 is 0 Å². The van der Waals surface area contributed by atoms with Gasteiger partial charge in [-0.05, 0) is 13.0 Å². The van der Waals surface area contributed by atoms with Crippen molar-refractivity contribution in [3.8, 4) is 0 Å². The molecule has 2 unspecified atom stereocenters. The number of hydrogen-bond acceptors (Lipinski definition) is 4. The predicted octanol–water partition coefficient (Wildman–Crippen LogP) is -0.521. The van der Waals surface area contributed by atoms with Gasteiger partial charge in [-0.25, -0.2) is 0 Å². The molecule has 5 N–H and O–H groups in total. The van der Waals surface area contributed by atoms with Crippen LogP contribution < -0.4 is 40.6 Å². The van der Waals surface area contributed by atoms with Gasteiger partial charge >= 0.3 is 41.5 Å². The zero-order chi connectivity index (χ0) is 16.8. The fraction of sp³-hybridized carbons (Fsp3) is 0.875. The van der Waals surface area contributed by atoms with Gasteiger partial charge in [-0.3, -0.25) is 9.59 Å². The van der Waals surface area contributed by atoms with Crippen LogP contribution in [0.25, 0.3) is 0 Å². The number of nitrogens with one attached hydrogen (secondary N) is 1. The van der Waals surface area contributed by atoms with Crippen molar-refractivity contribution in [2.75, 3.05) is 6.54 Å². The number of carbonyl (C=O) groups is 2. The summed E-state index contributed by atoms with van der Waals surface area (Å²) in [7, 11) is 0. The number of unbranched alkanes of at least 4 members (excludes halogenated alkanes) is 9. The molecule has 0 aromatic heterocycles. The fourth-order valence-corrected chi connectivity index (χ4v) is 2.38. The first-order valence-electron chi connectivity index (χ1n) is 8.45. The van der Waals surface area contributed by atoms with Gasteiger partial charge in [0.2, 0.25) is 0 Å². The maximum Gasteiger partial charge on any atom is 1.00 e.